The van der Waals surface area contributed by atoms with Crippen molar-refractivity contribution in [3.8, 4) is 0 Å². The number of anilines is 1. The lowest BCUT2D eigenvalue weighted by atomic mass is 10.1. The van der Waals surface area contributed by atoms with Crippen LogP contribution in [0.15, 0.2) is 40.9 Å². The maximum Gasteiger partial charge on any atom is 0.242 e. The maximum absolute atomic E-state index is 11.6. The second-order valence-corrected chi connectivity index (χ2v) is 5.27. The summed E-state index contributed by atoms with van der Waals surface area (Å²) in [6.45, 7) is 0.755. The van der Waals surface area contributed by atoms with Crippen LogP contribution in [0.25, 0.3) is 10.8 Å². The summed E-state index contributed by atoms with van der Waals surface area (Å²) >= 11 is 3.55. The molecule has 1 aliphatic rings. The van der Waals surface area contributed by atoms with E-state index in [0.717, 1.165) is 33.9 Å². The molecule has 0 radical (unpaired) electrons. The fourth-order valence-electron chi connectivity index (χ4n) is 2.31. The zero-order valence-electron chi connectivity index (χ0n) is 9.74. The summed E-state index contributed by atoms with van der Waals surface area (Å²) in [6, 6.07) is 12.1. The molecule has 1 amide bonds. The van der Waals surface area contributed by atoms with E-state index in [1.165, 1.54) is 0 Å². The number of carbonyl (C=O) groups excluding carboxylic acids is 1. The Morgan fingerprint density at radius 1 is 1.17 bits per heavy atom. The van der Waals surface area contributed by atoms with Gasteiger partial charge < -0.3 is 10.6 Å². The van der Waals surface area contributed by atoms with Gasteiger partial charge in [0.05, 0.1) is 0 Å². The summed E-state index contributed by atoms with van der Waals surface area (Å²) in [4.78, 5) is 11.6. The first-order valence-electron chi connectivity index (χ1n) is 5.97. The smallest absolute Gasteiger partial charge is 0.242 e. The lowest BCUT2D eigenvalue weighted by Gasteiger charge is -2.14. The molecule has 0 aliphatic carbocycles. The van der Waals surface area contributed by atoms with E-state index in [2.05, 4.69) is 38.7 Å². The summed E-state index contributed by atoms with van der Waals surface area (Å²) < 4.78 is 1.07. The van der Waals surface area contributed by atoms with Crippen molar-refractivity contribution in [2.75, 3.05) is 11.9 Å². The van der Waals surface area contributed by atoms with Gasteiger partial charge in [0.25, 0.3) is 0 Å². The van der Waals surface area contributed by atoms with Crippen LogP contribution in [-0.2, 0) is 4.79 Å². The highest BCUT2D eigenvalue weighted by Gasteiger charge is 2.24. The molecular weight excluding hydrogens is 292 g/mol. The van der Waals surface area contributed by atoms with E-state index in [4.69, 9.17) is 0 Å². The highest BCUT2D eigenvalue weighted by atomic mass is 79.9. The Labute approximate surface area is 114 Å². The Balaban J connectivity index is 2.02. The molecule has 0 aromatic heterocycles. The number of carbonyl (C=O) groups is 1. The van der Waals surface area contributed by atoms with Crippen LogP contribution in [0.3, 0.4) is 0 Å². The molecule has 1 fully saturated rings. The zero-order valence-corrected chi connectivity index (χ0v) is 11.3. The van der Waals surface area contributed by atoms with Gasteiger partial charge in [-0.3, -0.25) is 4.79 Å². The van der Waals surface area contributed by atoms with Gasteiger partial charge in [0.15, 0.2) is 0 Å². The van der Waals surface area contributed by atoms with Gasteiger partial charge in [-0.15, -0.1) is 0 Å². The third-order valence-electron chi connectivity index (χ3n) is 3.25. The van der Waals surface area contributed by atoms with E-state index < -0.39 is 0 Å². The average molecular weight is 305 g/mol. The summed E-state index contributed by atoms with van der Waals surface area (Å²) in [6.07, 6.45) is 0.837. The molecular formula is C14H13BrN2O. The van der Waals surface area contributed by atoms with E-state index in [-0.39, 0.29) is 11.9 Å². The average Bonchev–Trinajstić information content (AvgIpc) is 2.79. The molecule has 1 saturated heterocycles. The molecule has 1 aliphatic heterocycles. The third kappa shape index (κ3) is 1.97. The van der Waals surface area contributed by atoms with Crippen LogP contribution in [0, 0.1) is 0 Å². The Kier molecular flexibility index (Phi) is 2.96. The zero-order chi connectivity index (χ0) is 12.5. The lowest BCUT2D eigenvalue weighted by molar-refractivity contribution is -0.119. The standard InChI is InChI=1S/C14H13BrN2O/c15-11-5-6-12(10-4-2-1-3-9(10)11)17-13-7-8-16-14(13)18/h1-6,13,17H,7-8H2,(H,16,18). The minimum Gasteiger partial charge on any atom is -0.373 e. The number of fused-ring (bicyclic) bond motifs is 1. The van der Waals surface area contributed by atoms with Crippen molar-refractivity contribution in [3.05, 3.63) is 40.9 Å². The van der Waals surface area contributed by atoms with E-state index >= 15 is 0 Å². The SMILES string of the molecule is O=C1NCCC1Nc1ccc(Br)c2ccccc12. The predicted molar refractivity (Wildman–Crippen MR) is 76.7 cm³/mol. The van der Waals surface area contributed by atoms with Crippen molar-refractivity contribution in [3.63, 3.8) is 0 Å². The molecule has 2 N–H and O–H groups in total. The summed E-state index contributed by atoms with van der Waals surface area (Å²) in [5, 5.41) is 8.45. The first kappa shape index (κ1) is 11.5. The molecule has 4 heteroatoms. The number of hydrogen-bond acceptors (Lipinski definition) is 2. The van der Waals surface area contributed by atoms with Crippen LogP contribution >= 0.6 is 15.9 Å². The summed E-state index contributed by atoms with van der Waals surface area (Å²) in [5.41, 5.74) is 1.01. The highest BCUT2D eigenvalue weighted by Crippen LogP contribution is 2.30. The molecule has 0 saturated carbocycles. The first-order valence-corrected chi connectivity index (χ1v) is 6.76. The van der Waals surface area contributed by atoms with E-state index in [1.807, 2.05) is 24.3 Å². The van der Waals surface area contributed by atoms with Gasteiger partial charge in [-0.25, -0.2) is 0 Å². The first-order chi connectivity index (χ1) is 8.75. The van der Waals surface area contributed by atoms with E-state index in [1.54, 1.807) is 0 Å². The summed E-state index contributed by atoms with van der Waals surface area (Å²) in [5.74, 6) is 0.0852. The summed E-state index contributed by atoms with van der Waals surface area (Å²) in [7, 11) is 0. The van der Waals surface area contributed by atoms with Crippen LogP contribution in [-0.4, -0.2) is 18.5 Å². The topological polar surface area (TPSA) is 41.1 Å². The fraction of sp³-hybridized carbons (Fsp3) is 0.214. The number of benzene rings is 2. The predicted octanol–water partition coefficient (Wildman–Crippen LogP) is 2.90. The van der Waals surface area contributed by atoms with Crippen molar-refractivity contribution in [2.24, 2.45) is 0 Å². The quantitative estimate of drug-likeness (QED) is 0.896. The minimum absolute atomic E-state index is 0.0852. The molecule has 1 unspecified atom stereocenters. The fourth-order valence-corrected chi connectivity index (χ4v) is 2.79. The van der Waals surface area contributed by atoms with Crippen molar-refractivity contribution in [1.29, 1.82) is 0 Å². The van der Waals surface area contributed by atoms with E-state index in [9.17, 15) is 4.79 Å². The number of hydrogen-bond donors (Lipinski definition) is 2. The number of amides is 1. The Morgan fingerprint density at radius 3 is 2.67 bits per heavy atom. The Hall–Kier alpha value is -1.55. The van der Waals surface area contributed by atoms with Crippen LogP contribution in [0.4, 0.5) is 5.69 Å². The van der Waals surface area contributed by atoms with Crippen molar-refractivity contribution in [1.82, 2.24) is 5.32 Å². The van der Waals surface area contributed by atoms with Gasteiger partial charge in [0.2, 0.25) is 5.91 Å². The van der Waals surface area contributed by atoms with Crippen LogP contribution in [0.5, 0.6) is 0 Å². The lowest BCUT2D eigenvalue weighted by Crippen LogP contribution is -2.29. The van der Waals surface area contributed by atoms with Crippen molar-refractivity contribution in [2.45, 2.75) is 12.5 Å². The van der Waals surface area contributed by atoms with Gasteiger partial charge in [-0.05, 0) is 23.9 Å². The normalized spacial score (nSPS) is 18.9. The van der Waals surface area contributed by atoms with Crippen LogP contribution < -0.4 is 10.6 Å². The second-order valence-electron chi connectivity index (χ2n) is 4.42. The molecule has 1 atom stereocenters. The second kappa shape index (κ2) is 4.61. The molecule has 0 bridgehead atoms. The molecule has 3 nitrogen and oxygen atoms in total. The number of halogens is 1. The molecule has 2 aromatic rings. The van der Waals surface area contributed by atoms with Crippen molar-refractivity contribution < 1.29 is 4.79 Å². The number of rotatable bonds is 2. The van der Waals surface area contributed by atoms with E-state index in [0.29, 0.717) is 0 Å². The van der Waals surface area contributed by atoms with Crippen LogP contribution in [0.1, 0.15) is 6.42 Å². The Morgan fingerprint density at radius 2 is 1.94 bits per heavy atom. The molecule has 2 aromatic carbocycles. The highest BCUT2D eigenvalue weighted by molar-refractivity contribution is 9.10. The van der Waals surface area contributed by atoms with Gasteiger partial charge in [0, 0.05) is 22.1 Å². The van der Waals surface area contributed by atoms with Gasteiger partial charge in [-0.2, -0.15) is 0 Å². The molecule has 18 heavy (non-hydrogen) atoms. The third-order valence-corrected chi connectivity index (χ3v) is 3.94. The maximum atomic E-state index is 11.6. The van der Waals surface area contributed by atoms with Crippen LogP contribution in [0.2, 0.25) is 0 Å². The monoisotopic (exact) mass is 304 g/mol. The molecule has 3 rings (SSSR count). The van der Waals surface area contributed by atoms with Crippen molar-refractivity contribution >= 4 is 38.3 Å². The van der Waals surface area contributed by atoms with Gasteiger partial charge in [-0.1, -0.05) is 40.2 Å². The minimum atomic E-state index is -0.116. The van der Waals surface area contributed by atoms with Gasteiger partial charge in [0.1, 0.15) is 6.04 Å². The number of nitrogens with one attached hydrogen (secondary N) is 2. The van der Waals surface area contributed by atoms with Gasteiger partial charge >= 0.3 is 0 Å². The molecule has 0 spiro atoms. The Bertz CT molecular complexity index is 612. The molecule has 92 valence electrons. The molecule has 1 heterocycles. The largest absolute Gasteiger partial charge is 0.373 e.